The number of piperazine rings is 1. The Balaban J connectivity index is 2.18. The summed E-state index contributed by atoms with van der Waals surface area (Å²) in [5, 5.41) is 4.31. The van der Waals surface area contributed by atoms with Crippen molar-refractivity contribution in [1.82, 2.24) is 15.2 Å². The molecule has 0 unspecified atom stereocenters. The van der Waals surface area contributed by atoms with Crippen LogP contribution in [-0.2, 0) is 0 Å². The topological polar surface area (TPSA) is 45.2 Å². The van der Waals surface area contributed by atoms with Crippen LogP contribution in [0.3, 0.4) is 0 Å². The zero-order valence-corrected chi connectivity index (χ0v) is 11.4. The summed E-state index contributed by atoms with van der Waals surface area (Å²) >= 11 is 1.55. The SMILES string of the molecule is Cc1nc(C(C)C)sc1C(=O)N1CCNCC1. The number of amides is 1. The Morgan fingerprint density at radius 1 is 1.41 bits per heavy atom. The number of thiazole rings is 1. The van der Waals surface area contributed by atoms with Gasteiger partial charge in [-0.1, -0.05) is 13.8 Å². The summed E-state index contributed by atoms with van der Waals surface area (Å²) in [6, 6.07) is 0. The van der Waals surface area contributed by atoms with Gasteiger partial charge in [0.25, 0.3) is 5.91 Å². The van der Waals surface area contributed by atoms with Crippen molar-refractivity contribution in [2.75, 3.05) is 26.2 Å². The zero-order valence-electron chi connectivity index (χ0n) is 10.6. The fraction of sp³-hybridized carbons (Fsp3) is 0.667. The van der Waals surface area contributed by atoms with Gasteiger partial charge in [-0.2, -0.15) is 0 Å². The quantitative estimate of drug-likeness (QED) is 0.871. The highest BCUT2D eigenvalue weighted by atomic mass is 32.1. The molecule has 1 aliphatic rings. The second-order valence-electron chi connectivity index (χ2n) is 4.66. The van der Waals surface area contributed by atoms with Crippen LogP contribution in [0.1, 0.15) is 40.1 Å². The maximum atomic E-state index is 12.3. The van der Waals surface area contributed by atoms with Gasteiger partial charge in [0.05, 0.1) is 10.7 Å². The summed E-state index contributed by atoms with van der Waals surface area (Å²) in [6.45, 7) is 9.52. The predicted molar refractivity (Wildman–Crippen MR) is 69.7 cm³/mol. The van der Waals surface area contributed by atoms with E-state index in [1.807, 2.05) is 11.8 Å². The van der Waals surface area contributed by atoms with Gasteiger partial charge < -0.3 is 10.2 Å². The van der Waals surface area contributed by atoms with Crippen molar-refractivity contribution < 1.29 is 4.79 Å². The van der Waals surface area contributed by atoms with Gasteiger partial charge in [-0.3, -0.25) is 4.79 Å². The number of aromatic nitrogens is 1. The van der Waals surface area contributed by atoms with Crippen molar-refractivity contribution >= 4 is 17.2 Å². The molecular weight excluding hydrogens is 234 g/mol. The van der Waals surface area contributed by atoms with Gasteiger partial charge in [0.2, 0.25) is 0 Å². The standard InChI is InChI=1S/C12H19N3OS/c1-8(2)11-14-9(3)10(17-11)12(16)15-6-4-13-5-7-15/h8,13H,4-7H2,1-3H3. The first kappa shape index (κ1) is 12.5. The molecular formula is C12H19N3OS. The molecule has 2 rings (SSSR count). The van der Waals surface area contributed by atoms with Crippen molar-refractivity contribution in [2.24, 2.45) is 0 Å². The van der Waals surface area contributed by atoms with Gasteiger partial charge in [0.1, 0.15) is 4.88 Å². The summed E-state index contributed by atoms with van der Waals surface area (Å²) in [7, 11) is 0. The van der Waals surface area contributed by atoms with Gasteiger partial charge in [-0.15, -0.1) is 11.3 Å². The fourth-order valence-electron chi connectivity index (χ4n) is 1.87. The second-order valence-corrected chi connectivity index (χ2v) is 5.69. The number of aryl methyl sites for hydroxylation is 1. The molecule has 17 heavy (non-hydrogen) atoms. The molecule has 0 atom stereocenters. The molecule has 0 aromatic carbocycles. The Hall–Kier alpha value is -0.940. The third-order valence-corrected chi connectivity index (χ3v) is 4.35. The van der Waals surface area contributed by atoms with Gasteiger partial charge in [-0.25, -0.2) is 4.98 Å². The van der Waals surface area contributed by atoms with Crippen molar-refractivity contribution in [3.05, 3.63) is 15.6 Å². The van der Waals surface area contributed by atoms with Crippen LogP contribution in [0.25, 0.3) is 0 Å². The maximum absolute atomic E-state index is 12.3. The summed E-state index contributed by atoms with van der Waals surface area (Å²) in [4.78, 5) is 19.5. The van der Waals surface area contributed by atoms with Crippen LogP contribution in [0.4, 0.5) is 0 Å². The average Bonchev–Trinajstić information content (AvgIpc) is 2.72. The van der Waals surface area contributed by atoms with Gasteiger partial charge in [0, 0.05) is 32.1 Å². The van der Waals surface area contributed by atoms with Crippen molar-refractivity contribution in [3.63, 3.8) is 0 Å². The highest BCUT2D eigenvalue weighted by Gasteiger charge is 2.23. The lowest BCUT2D eigenvalue weighted by molar-refractivity contribution is 0.0740. The number of nitrogens with one attached hydrogen (secondary N) is 1. The van der Waals surface area contributed by atoms with Crippen molar-refractivity contribution in [2.45, 2.75) is 26.7 Å². The number of carbonyl (C=O) groups excluding carboxylic acids is 1. The smallest absolute Gasteiger partial charge is 0.265 e. The van der Waals surface area contributed by atoms with E-state index < -0.39 is 0 Å². The molecule has 5 heteroatoms. The molecule has 1 fully saturated rings. The Morgan fingerprint density at radius 2 is 2.06 bits per heavy atom. The van der Waals surface area contributed by atoms with Crippen LogP contribution in [0.15, 0.2) is 0 Å². The van der Waals surface area contributed by atoms with E-state index in [9.17, 15) is 4.79 Å². The molecule has 1 N–H and O–H groups in total. The number of hydrogen-bond donors (Lipinski definition) is 1. The minimum atomic E-state index is 0.147. The molecule has 0 spiro atoms. The number of nitrogens with zero attached hydrogens (tertiary/aromatic N) is 2. The Labute approximate surface area is 106 Å². The van der Waals surface area contributed by atoms with Crippen molar-refractivity contribution in [1.29, 1.82) is 0 Å². The molecule has 0 radical (unpaired) electrons. The Bertz CT molecular complexity index is 408. The number of rotatable bonds is 2. The molecule has 1 saturated heterocycles. The molecule has 1 aromatic heterocycles. The first-order valence-electron chi connectivity index (χ1n) is 6.07. The largest absolute Gasteiger partial charge is 0.335 e. The molecule has 0 aliphatic carbocycles. The van der Waals surface area contributed by atoms with Gasteiger partial charge >= 0.3 is 0 Å². The average molecular weight is 253 g/mol. The van der Waals surface area contributed by atoms with Crippen molar-refractivity contribution in [3.8, 4) is 0 Å². The Morgan fingerprint density at radius 3 is 2.59 bits per heavy atom. The minimum absolute atomic E-state index is 0.147. The lowest BCUT2D eigenvalue weighted by Gasteiger charge is -2.27. The van der Waals surface area contributed by atoms with Crippen LogP contribution >= 0.6 is 11.3 Å². The summed E-state index contributed by atoms with van der Waals surface area (Å²) < 4.78 is 0. The summed E-state index contributed by atoms with van der Waals surface area (Å²) in [5.41, 5.74) is 0.877. The van der Waals surface area contributed by atoms with Crippen LogP contribution in [0.2, 0.25) is 0 Å². The monoisotopic (exact) mass is 253 g/mol. The van der Waals surface area contributed by atoms with Crippen LogP contribution in [0.5, 0.6) is 0 Å². The van der Waals surface area contributed by atoms with E-state index in [4.69, 9.17) is 0 Å². The second kappa shape index (κ2) is 5.14. The normalized spacial score (nSPS) is 16.6. The van der Waals surface area contributed by atoms with Crippen LogP contribution < -0.4 is 5.32 Å². The zero-order chi connectivity index (χ0) is 12.4. The summed E-state index contributed by atoms with van der Waals surface area (Å²) in [6.07, 6.45) is 0. The van der Waals surface area contributed by atoms with Gasteiger partial charge in [-0.05, 0) is 6.92 Å². The first-order valence-corrected chi connectivity index (χ1v) is 6.88. The third-order valence-electron chi connectivity index (χ3n) is 2.91. The minimum Gasteiger partial charge on any atom is -0.335 e. The summed E-state index contributed by atoms with van der Waals surface area (Å²) in [5.74, 6) is 0.539. The van der Waals surface area contributed by atoms with Gasteiger partial charge in [0.15, 0.2) is 0 Å². The van der Waals surface area contributed by atoms with E-state index in [-0.39, 0.29) is 5.91 Å². The van der Waals surface area contributed by atoms with Crippen LogP contribution in [0, 0.1) is 6.92 Å². The van der Waals surface area contributed by atoms with E-state index in [2.05, 4.69) is 24.1 Å². The fourth-order valence-corrected chi connectivity index (χ4v) is 2.91. The van der Waals surface area contributed by atoms with E-state index in [1.54, 1.807) is 11.3 Å². The maximum Gasteiger partial charge on any atom is 0.265 e. The number of carbonyl (C=O) groups is 1. The third kappa shape index (κ3) is 2.66. The molecule has 4 nitrogen and oxygen atoms in total. The number of hydrogen-bond acceptors (Lipinski definition) is 4. The predicted octanol–water partition coefficient (Wildman–Crippen LogP) is 1.62. The molecule has 1 aliphatic heterocycles. The molecule has 2 heterocycles. The molecule has 0 saturated carbocycles. The highest BCUT2D eigenvalue weighted by Crippen LogP contribution is 2.25. The molecule has 0 bridgehead atoms. The molecule has 94 valence electrons. The highest BCUT2D eigenvalue weighted by molar-refractivity contribution is 7.13. The van der Waals surface area contributed by atoms with E-state index in [0.29, 0.717) is 5.92 Å². The molecule has 1 amide bonds. The van der Waals surface area contributed by atoms with E-state index in [0.717, 1.165) is 41.8 Å². The first-order chi connectivity index (χ1) is 8.09. The lowest BCUT2D eigenvalue weighted by Crippen LogP contribution is -2.46. The molecule has 1 aromatic rings. The Kier molecular flexibility index (Phi) is 3.79. The van der Waals surface area contributed by atoms with Crippen LogP contribution in [-0.4, -0.2) is 42.0 Å². The van der Waals surface area contributed by atoms with E-state index in [1.165, 1.54) is 0 Å². The lowest BCUT2D eigenvalue weighted by atomic mass is 10.2. The van der Waals surface area contributed by atoms with E-state index >= 15 is 0 Å².